The highest BCUT2D eigenvalue weighted by atomic mass is 16.3. The van der Waals surface area contributed by atoms with E-state index in [4.69, 9.17) is 20.0 Å². The Morgan fingerprint density at radius 3 is 0.980 bits per heavy atom. The molecule has 4 aromatic carbocycles. The molecule has 0 saturated carbocycles. The van der Waals surface area contributed by atoms with Gasteiger partial charge in [-0.05, 0) is 71.4 Å². The second-order valence-electron chi connectivity index (χ2n) is 12.0. The van der Waals surface area contributed by atoms with Gasteiger partial charge in [-0.3, -0.25) is 0 Å². The van der Waals surface area contributed by atoms with Crippen LogP contribution in [0.1, 0.15) is 22.3 Å². The van der Waals surface area contributed by atoms with E-state index in [-0.39, 0.29) is 5.75 Å². The van der Waals surface area contributed by atoms with E-state index in [9.17, 15) is 5.11 Å². The van der Waals surface area contributed by atoms with E-state index >= 15 is 0 Å². The zero-order valence-corrected chi connectivity index (χ0v) is 26.3. The van der Waals surface area contributed by atoms with Crippen molar-refractivity contribution < 1.29 is 5.11 Å². The molecular weight excluding hydrogens is 601 g/mol. The molecule has 0 aliphatic carbocycles. The summed E-state index contributed by atoms with van der Waals surface area (Å²) in [5.74, 6) is 0.161. The predicted molar refractivity (Wildman–Crippen MR) is 201 cm³/mol. The summed E-state index contributed by atoms with van der Waals surface area (Å²) in [5.41, 5.74) is 13.5. The maximum Gasteiger partial charge on any atom is 0.123 e. The van der Waals surface area contributed by atoms with Crippen molar-refractivity contribution in [1.82, 2.24) is 0 Å². The van der Waals surface area contributed by atoms with E-state index in [1.54, 1.807) is 6.07 Å². The average molecular weight is 629 g/mol. The Morgan fingerprint density at radius 2 is 0.612 bits per heavy atom. The molecule has 0 atom stereocenters. The van der Waals surface area contributed by atoms with Crippen LogP contribution in [0, 0.1) is 0 Å². The largest absolute Gasteiger partial charge is 0.507 e. The molecule has 0 spiro atoms. The van der Waals surface area contributed by atoms with Crippen LogP contribution in [0.25, 0.3) is 22.3 Å². The Morgan fingerprint density at radius 1 is 0.306 bits per heavy atom. The third kappa shape index (κ3) is 5.05. The molecule has 0 aromatic heterocycles. The molecule has 0 fully saturated rings. The van der Waals surface area contributed by atoms with Gasteiger partial charge in [0.1, 0.15) is 5.75 Å². The van der Waals surface area contributed by atoms with Gasteiger partial charge in [-0.25, -0.2) is 20.0 Å². The number of hydrogen-bond donors (Lipinski definition) is 1. The SMILES string of the molecule is Oc1ccccc1C1=C2C=CC(=N2)C(c2ccccc2)=C2C=CC(=N2)C(c2ccccc2)=C2C=CC(=N2)C(c2ccccc2)=C2C=CC1=N2. The van der Waals surface area contributed by atoms with Gasteiger partial charge < -0.3 is 5.11 Å². The van der Waals surface area contributed by atoms with Crippen molar-refractivity contribution in [1.29, 1.82) is 0 Å². The highest BCUT2D eigenvalue weighted by molar-refractivity contribution is 6.39. The molecule has 4 aromatic rings. The number of allylic oxidation sites excluding steroid dienone is 12. The summed E-state index contributed by atoms with van der Waals surface area (Å²) in [5, 5.41) is 11.1. The summed E-state index contributed by atoms with van der Waals surface area (Å²) >= 11 is 0. The number of phenolic OH excluding ortho intramolecular Hbond substituents is 1. The van der Waals surface area contributed by atoms with E-state index in [0.717, 1.165) is 73.2 Å². The zero-order chi connectivity index (χ0) is 32.7. The van der Waals surface area contributed by atoms with Gasteiger partial charge >= 0.3 is 0 Å². The molecule has 49 heavy (non-hydrogen) atoms. The van der Waals surface area contributed by atoms with Crippen LogP contribution in [0.4, 0.5) is 0 Å². The molecular formula is C44H28N4O. The van der Waals surface area contributed by atoms with Gasteiger partial charge in [-0.15, -0.1) is 0 Å². The van der Waals surface area contributed by atoms with Crippen LogP contribution < -0.4 is 0 Å². The molecule has 8 bridgehead atoms. The molecule has 5 heteroatoms. The lowest BCUT2D eigenvalue weighted by Crippen LogP contribution is -2.03. The first-order valence-corrected chi connectivity index (χ1v) is 16.2. The van der Waals surface area contributed by atoms with Crippen LogP contribution in [0.5, 0.6) is 5.75 Å². The molecule has 9 rings (SSSR count). The van der Waals surface area contributed by atoms with Gasteiger partial charge in [0, 0.05) is 27.9 Å². The fraction of sp³-hybridized carbons (Fsp3) is 0. The molecule has 0 unspecified atom stereocenters. The second-order valence-corrected chi connectivity index (χ2v) is 12.0. The first-order chi connectivity index (χ1) is 24.2. The van der Waals surface area contributed by atoms with E-state index in [1.807, 2.05) is 97.1 Å². The number of benzene rings is 4. The molecule has 230 valence electrons. The molecule has 0 saturated heterocycles. The van der Waals surface area contributed by atoms with E-state index in [1.165, 1.54) is 0 Å². The topological polar surface area (TPSA) is 69.7 Å². The fourth-order valence-electron chi connectivity index (χ4n) is 6.75. The number of nitrogens with zero attached hydrogens (tertiary/aromatic N) is 4. The number of aliphatic imine (C=N–C) groups is 4. The van der Waals surface area contributed by atoms with E-state index in [0.29, 0.717) is 17.0 Å². The van der Waals surface area contributed by atoms with Gasteiger partial charge in [0.05, 0.1) is 45.6 Å². The highest BCUT2D eigenvalue weighted by Crippen LogP contribution is 2.39. The average Bonchev–Trinajstić information content (AvgIpc) is 3.98. The quantitative estimate of drug-likeness (QED) is 0.240. The van der Waals surface area contributed by atoms with E-state index < -0.39 is 0 Å². The minimum Gasteiger partial charge on any atom is -0.507 e. The van der Waals surface area contributed by atoms with Gasteiger partial charge in [0.25, 0.3) is 0 Å². The first-order valence-electron chi connectivity index (χ1n) is 16.2. The fourth-order valence-corrected chi connectivity index (χ4v) is 6.75. The Bertz CT molecular complexity index is 2410. The Balaban J connectivity index is 1.38. The van der Waals surface area contributed by atoms with Gasteiger partial charge in [-0.2, -0.15) is 0 Å². The molecule has 5 aliphatic heterocycles. The number of hydrogen-bond acceptors (Lipinski definition) is 5. The van der Waals surface area contributed by atoms with Crippen LogP contribution in [-0.4, -0.2) is 28.0 Å². The van der Waals surface area contributed by atoms with Gasteiger partial charge in [-0.1, -0.05) is 109 Å². The highest BCUT2D eigenvalue weighted by Gasteiger charge is 2.28. The molecule has 5 aliphatic rings. The van der Waals surface area contributed by atoms with Crippen molar-refractivity contribution in [3.05, 3.63) is 209 Å². The third-order valence-electron chi connectivity index (χ3n) is 8.97. The monoisotopic (exact) mass is 628 g/mol. The third-order valence-corrected chi connectivity index (χ3v) is 8.97. The maximum absolute atomic E-state index is 11.1. The van der Waals surface area contributed by atoms with Gasteiger partial charge in [0.2, 0.25) is 0 Å². The van der Waals surface area contributed by atoms with Crippen molar-refractivity contribution in [2.24, 2.45) is 20.0 Å². The summed E-state index contributed by atoms with van der Waals surface area (Å²) in [4.78, 5) is 21.0. The van der Waals surface area contributed by atoms with Gasteiger partial charge in [0.15, 0.2) is 0 Å². The number of aromatic hydroxyl groups is 1. The molecule has 0 amide bonds. The summed E-state index contributed by atoms with van der Waals surface area (Å²) in [6, 6.07) is 38.1. The molecule has 1 N–H and O–H groups in total. The van der Waals surface area contributed by atoms with Crippen molar-refractivity contribution in [3.8, 4) is 5.75 Å². The summed E-state index contributed by atoms with van der Waals surface area (Å²) < 4.78 is 0. The second kappa shape index (κ2) is 11.8. The van der Waals surface area contributed by atoms with Crippen LogP contribution in [0.2, 0.25) is 0 Å². The Hall–Kier alpha value is -6.72. The summed E-state index contributed by atoms with van der Waals surface area (Å²) in [6.07, 6.45) is 16.3. The lowest BCUT2D eigenvalue weighted by molar-refractivity contribution is 0.474. The number of phenols is 1. The molecule has 5 heterocycles. The summed E-state index contributed by atoms with van der Waals surface area (Å²) in [6.45, 7) is 0. The molecule has 5 nitrogen and oxygen atoms in total. The smallest absolute Gasteiger partial charge is 0.123 e. The Labute approximate surface area is 284 Å². The minimum atomic E-state index is 0.161. The maximum atomic E-state index is 11.1. The number of rotatable bonds is 4. The lowest BCUT2D eigenvalue weighted by Gasteiger charge is -2.13. The normalized spacial score (nSPS) is 17.7. The van der Waals surface area contributed by atoms with E-state index in [2.05, 4.69) is 60.7 Å². The van der Waals surface area contributed by atoms with Crippen molar-refractivity contribution in [3.63, 3.8) is 0 Å². The standard InChI is InChI=1S/C44H28N4O/c49-40-19-11-10-18-31(40)44-38-26-24-36(47-38)42(29-14-6-2-7-15-29)34-22-20-32(45-34)41(28-12-4-1-5-13-28)33-21-23-35(46-33)43(30-16-8-3-9-17-30)37-25-27-39(44)48-37/h1-27,49H. The van der Waals surface area contributed by atoms with Crippen LogP contribution in [-0.2, 0) is 0 Å². The van der Waals surface area contributed by atoms with Crippen LogP contribution in [0.15, 0.2) is 207 Å². The number of para-hydroxylation sites is 1. The molecule has 0 radical (unpaired) electrons. The van der Waals surface area contributed by atoms with Crippen molar-refractivity contribution in [2.75, 3.05) is 0 Å². The predicted octanol–water partition coefficient (Wildman–Crippen LogP) is 9.39. The van der Waals surface area contributed by atoms with Crippen LogP contribution in [0.3, 0.4) is 0 Å². The van der Waals surface area contributed by atoms with Crippen LogP contribution >= 0.6 is 0 Å². The Kier molecular flexibility index (Phi) is 6.87. The first kappa shape index (κ1) is 28.5. The zero-order valence-electron chi connectivity index (χ0n) is 26.3. The lowest BCUT2D eigenvalue weighted by atomic mass is 9.98. The summed E-state index contributed by atoms with van der Waals surface area (Å²) in [7, 11) is 0. The van der Waals surface area contributed by atoms with Crippen molar-refractivity contribution >= 4 is 45.1 Å². The minimum absolute atomic E-state index is 0.161. The number of fused-ring (bicyclic) bond motifs is 4. The van der Waals surface area contributed by atoms with Crippen molar-refractivity contribution in [2.45, 2.75) is 0 Å².